The molecule has 1 aliphatic rings. The van der Waals surface area contributed by atoms with Crippen LogP contribution in [0.5, 0.6) is 0 Å². The number of alkyl halides is 3. The standard InChI is InChI=1S/C38H35ClF3N5OS/c39-34-25-35(46-22-20-45(21-23-46)33-13-7-12-32(24-33)38(40,41)42)44-37(43-34)49-27-30-14-16-31(17-15-30)36(48)47(26-29-10-5-2-6-11-29)19-18-28-8-3-1-4-9-28/h1-17,24-25H,18-23,26-27H2. The van der Waals surface area contributed by atoms with E-state index in [4.69, 9.17) is 16.6 Å². The van der Waals surface area contributed by atoms with Crippen LogP contribution in [0.3, 0.4) is 0 Å². The highest BCUT2D eigenvalue weighted by atomic mass is 35.5. The molecule has 2 heterocycles. The van der Waals surface area contributed by atoms with Crippen molar-refractivity contribution in [2.45, 2.75) is 30.1 Å². The van der Waals surface area contributed by atoms with Crippen LogP contribution < -0.4 is 9.80 Å². The van der Waals surface area contributed by atoms with E-state index in [-0.39, 0.29) is 5.91 Å². The van der Waals surface area contributed by atoms with Gasteiger partial charge in [-0.25, -0.2) is 9.97 Å². The molecule has 1 aliphatic heterocycles. The van der Waals surface area contributed by atoms with Crippen LogP contribution in [0.25, 0.3) is 0 Å². The number of rotatable bonds is 11. The first-order chi connectivity index (χ1) is 23.7. The van der Waals surface area contributed by atoms with Crippen LogP contribution in [0.15, 0.2) is 120 Å². The van der Waals surface area contributed by atoms with Gasteiger partial charge in [0.15, 0.2) is 5.16 Å². The minimum Gasteiger partial charge on any atom is -0.368 e. The lowest BCUT2D eigenvalue weighted by atomic mass is 10.1. The average Bonchev–Trinajstić information content (AvgIpc) is 3.13. The topological polar surface area (TPSA) is 52.6 Å². The van der Waals surface area contributed by atoms with E-state index in [1.165, 1.54) is 29.5 Å². The SMILES string of the molecule is O=C(c1ccc(CSc2nc(Cl)cc(N3CCN(c4cccc(C(F)(F)F)c4)CC3)n2)cc1)N(CCc1ccccc1)Cc1ccccc1. The van der Waals surface area contributed by atoms with Gasteiger partial charge in [0, 0.05) is 62.3 Å². The Morgan fingerprint density at radius 3 is 2.08 bits per heavy atom. The molecule has 4 aromatic carbocycles. The van der Waals surface area contributed by atoms with Crippen molar-refractivity contribution < 1.29 is 18.0 Å². The Morgan fingerprint density at radius 2 is 1.41 bits per heavy atom. The second-order valence-electron chi connectivity index (χ2n) is 11.8. The third-order valence-electron chi connectivity index (χ3n) is 8.39. The average molecular weight is 702 g/mol. The van der Waals surface area contributed by atoms with E-state index >= 15 is 0 Å². The second kappa shape index (κ2) is 15.8. The summed E-state index contributed by atoms with van der Waals surface area (Å²) in [6.07, 6.45) is -3.61. The van der Waals surface area contributed by atoms with Crippen LogP contribution >= 0.6 is 23.4 Å². The highest BCUT2D eigenvalue weighted by Gasteiger charge is 2.31. The van der Waals surface area contributed by atoms with Crippen LogP contribution in [0.1, 0.15) is 32.6 Å². The molecule has 0 N–H and O–H groups in total. The Bertz CT molecular complexity index is 1840. The van der Waals surface area contributed by atoms with Crippen LogP contribution in [0.4, 0.5) is 24.7 Å². The zero-order chi connectivity index (χ0) is 34.2. The van der Waals surface area contributed by atoms with Crippen molar-refractivity contribution in [2.75, 3.05) is 42.5 Å². The lowest BCUT2D eigenvalue weighted by molar-refractivity contribution is -0.137. The van der Waals surface area contributed by atoms with Crippen molar-refractivity contribution in [3.05, 3.63) is 148 Å². The molecule has 0 aliphatic carbocycles. The van der Waals surface area contributed by atoms with E-state index < -0.39 is 11.7 Å². The van der Waals surface area contributed by atoms with Gasteiger partial charge < -0.3 is 14.7 Å². The Labute approximate surface area is 293 Å². The van der Waals surface area contributed by atoms with Crippen molar-refractivity contribution in [1.82, 2.24) is 14.9 Å². The number of aromatic nitrogens is 2. The predicted octanol–water partition coefficient (Wildman–Crippen LogP) is 8.65. The molecule has 0 atom stereocenters. The van der Waals surface area contributed by atoms with Crippen LogP contribution in [-0.2, 0) is 24.9 Å². The summed E-state index contributed by atoms with van der Waals surface area (Å²) >= 11 is 7.84. The molecule has 6 rings (SSSR count). The van der Waals surface area contributed by atoms with Gasteiger partial charge in [-0.1, -0.05) is 102 Å². The molecule has 1 amide bonds. The smallest absolute Gasteiger partial charge is 0.368 e. The van der Waals surface area contributed by atoms with Crippen molar-refractivity contribution in [3.63, 3.8) is 0 Å². The maximum Gasteiger partial charge on any atom is 0.416 e. The zero-order valence-corrected chi connectivity index (χ0v) is 28.3. The molecular formula is C38H35ClF3N5OS. The summed E-state index contributed by atoms with van der Waals surface area (Å²) in [4.78, 5) is 28.7. The summed E-state index contributed by atoms with van der Waals surface area (Å²) in [6, 6.07) is 35.0. The summed E-state index contributed by atoms with van der Waals surface area (Å²) < 4.78 is 39.6. The number of nitrogens with zero attached hydrogens (tertiary/aromatic N) is 5. The van der Waals surface area contributed by atoms with Gasteiger partial charge in [0.2, 0.25) is 0 Å². The number of amides is 1. The lowest BCUT2D eigenvalue weighted by Crippen LogP contribution is -2.47. The number of hydrogen-bond donors (Lipinski definition) is 0. The number of carbonyl (C=O) groups is 1. The number of piperazine rings is 1. The van der Waals surface area contributed by atoms with Gasteiger partial charge in [-0.3, -0.25) is 4.79 Å². The highest BCUT2D eigenvalue weighted by Crippen LogP contribution is 2.32. The third kappa shape index (κ3) is 9.33. The molecule has 252 valence electrons. The first-order valence-corrected chi connectivity index (χ1v) is 17.4. The van der Waals surface area contributed by atoms with E-state index in [1.54, 1.807) is 12.1 Å². The Balaban J connectivity index is 1.06. The molecular weight excluding hydrogens is 667 g/mol. The predicted molar refractivity (Wildman–Crippen MR) is 190 cm³/mol. The molecule has 1 saturated heterocycles. The Hall–Kier alpha value is -4.54. The molecule has 0 spiro atoms. The van der Waals surface area contributed by atoms with E-state index in [1.807, 2.05) is 82.6 Å². The van der Waals surface area contributed by atoms with Crippen molar-refractivity contribution in [3.8, 4) is 0 Å². The first kappa shape index (κ1) is 34.3. The minimum atomic E-state index is -4.38. The van der Waals surface area contributed by atoms with Crippen LogP contribution in [0, 0.1) is 0 Å². The fourth-order valence-electron chi connectivity index (χ4n) is 5.72. The summed E-state index contributed by atoms with van der Waals surface area (Å²) in [5.74, 6) is 1.25. The van der Waals surface area contributed by atoms with E-state index in [9.17, 15) is 18.0 Å². The molecule has 1 aromatic heterocycles. The maximum atomic E-state index is 13.7. The van der Waals surface area contributed by atoms with Gasteiger partial charge in [-0.15, -0.1) is 0 Å². The molecule has 0 bridgehead atoms. The van der Waals surface area contributed by atoms with E-state index in [2.05, 4.69) is 22.0 Å². The van der Waals surface area contributed by atoms with Gasteiger partial charge in [-0.05, 0) is 53.4 Å². The van der Waals surface area contributed by atoms with Crippen LogP contribution in [0.2, 0.25) is 5.15 Å². The largest absolute Gasteiger partial charge is 0.416 e. The molecule has 1 fully saturated rings. The van der Waals surface area contributed by atoms with Gasteiger partial charge in [0.25, 0.3) is 5.91 Å². The van der Waals surface area contributed by atoms with Gasteiger partial charge in [0.05, 0.1) is 5.56 Å². The third-order valence-corrected chi connectivity index (χ3v) is 9.50. The van der Waals surface area contributed by atoms with Gasteiger partial charge in [-0.2, -0.15) is 13.2 Å². The quantitative estimate of drug-likeness (QED) is 0.0781. The van der Waals surface area contributed by atoms with E-state index in [0.29, 0.717) is 72.4 Å². The van der Waals surface area contributed by atoms with Crippen molar-refractivity contribution in [2.24, 2.45) is 0 Å². The zero-order valence-electron chi connectivity index (χ0n) is 26.7. The normalized spacial score (nSPS) is 13.4. The number of hydrogen-bond acceptors (Lipinski definition) is 6. The number of carbonyl (C=O) groups excluding carboxylic acids is 1. The van der Waals surface area contributed by atoms with Crippen LogP contribution in [-0.4, -0.2) is 53.5 Å². The van der Waals surface area contributed by atoms with Gasteiger partial charge >= 0.3 is 6.18 Å². The fraction of sp³-hybridized carbons (Fsp3) is 0.237. The summed E-state index contributed by atoms with van der Waals surface area (Å²) in [5, 5.41) is 0.848. The number of anilines is 2. The van der Waals surface area contributed by atoms with E-state index in [0.717, 1.165) is 23.6 Å². The fourth-order valence-corrected chi connectivity index (χ4v) is 6.76. The van der Waals surface area contributed by atoms with Crippen molar-refractivity contribution >= 4 is 40.8 Å². The molecule has 0 radical (unpaired) electrons. The summed E-state index contributed by atoms with van der Waals surface area (Å²) in [5.41, 5.74) is 3.81. The number of thioether (sulfide) groups is 1. The monoisotopic (exact) mass is 701 g/mol. The first-order valence-electron chi connectivity index (χ1n) is 16.0. The summed E-state index contributed by atoms with van der Waals surface area (Å²) in [7, 11) is 0. The molecule has 0 saturated carbocycles. The molecule has 6 nitrogen and oxygen atoms in total. The Morgan fingerprint density at radius 1 is 0.755 bits per heavy atom. The second-order valence-corrected chi connectivity index (χ2v) is 13.1. The lowest BCUT2D eigenvalue weighted by Gasteiger charge is -2.37. The number of benzene rings is 4. The Kier molecular flexibility index (Phi) is 11.1. The minimum absolute atomic E-state index is 0.0186. The summed E-state index contributed by atoms with van der Waals surface area (Å²) in [6.45, 7) is 3.38. The molecule has 49 heavy (non-hydrogen) atoms. The highest BCUT2D eigenvalue weighted by molar-refractivity contribution is 7.98. The van der Waals surface area contributed by atoms with Gasteiger partial charge in [0.1, 0.15) is 11.0 Å². The maximum absolute atomic E-state index is 13.7. The molecule has 5 aromatic rings. The van der Waals surface area contributed by atoms with Crippen molar-refractivity contribution in [1.29, 1.82) is 0 Å². The molecule has 11 heteroatoms. The number of halogens is 4. The molecule has 0 unspecified atom stereocenters.